The van der Waals surface area contributed by atoms with E-state index in [1.54, 1.807) is 7.11 Å². The molecule has 0 saturated carbocycles. The summed E-state index contributed by atoms with van der Waals surface area (Å²) in [5, 5.41) is 0. The first-order valence-electron chi connectivity index (χ1n) is 4.95. The number of benzene rings is 1. The SMILES string of the molecule is COc1c(C)cc(OCC=C(Br)Br)c(Br)c1C. The predicted octanol–water partition coefficient (Wildman–Crippen LogP) is 5.08. The lowest BCUT2D eigenvalue weighted by molar-refractivity contribution is 0.357. The van der Waals surface area contributed by atoms with E-state index in [0.29, 0.717) is 6.61 Å². The number of aryl methyl sites for hydroxylation is 1. The lowest BCUT2D eigenvalue weighted by Gasteiger charge is -2.14. The minimum atomic E-state index is 0.496. The lowest BCUT2D eigenvalue weighted by atomic mass is 10.1. The molecule has 17 heavy (non-hydrogen) atoms. The molecular formula is C12H13Br3O2. The molecular weight excluding hydrogens is 416 g/mol. The maximum atomic E-state index is 5.67. The second-order valence-corrected chi connectivity index (χ2v) is 7.03. The Hall–Kier alpha value is -0.000000000000000222. The van der Waals surface area contributed by atoms with Crippen molar-refractivity contribution >= 4 is 47.8 Å². The highest BCUT2D eigenvalue weighted by Crippen LogP contribution is 2.37. The van der Waals surface area contributed by atoms with E-state index in [0.717, 1.165) is 30.5 Å². The van der Waals surface area contributed by atoms with Gasteiger partial charge in [0.05, 0.1) is 15.0 Å². The average Bonchev–Trinajstić information content (AvgIpc) is 2.25. The average molecular weight is 429 g/mol. The molecule has 0 fully saturated rings. The molecule has 1 rings (SSSR count). The van der Waals surface area contributed by atoms with Crippen LogP contribution in [0.25, 0.3) is 0 Å². The maximum absolute atomic E-state index is 5.67. The minimum Gasteiger partial charge on any atom is -0.496 e. The molecule has 2 nitrogen and oxygen atoms in total. The van der Waals surface area contributed by atoms with Gasteiger partial charge in [0.25, 0.3) is 0 Å². The summed E-state index contributed by atoms with van der Waals surface area (Å²) in [5.74, 6) is 1.71. The highest BCUT2D eigenvalue weighted by Gasteiger charge is 2.12. The van der Waals surface area contributed by atoms with E-state index in [4.69, 9.17) is 9.47 Å². The zero-order chi connectivity index (χ0) is 13.0. The molecule has 0 atom stereocenters. The van der Waals surface area contributed by atoms with Crippen molar-refractivity contribution in [2.24, 2.45) is 0 Å². The summed E-state index contributed by atoms with van der Waals surface area (Å²) >= 11 is 10.1. The monoisotopic (exact) mass is 426 g/mol. The number of methoxy groups -OCH3 is 1. The molecule has 0 aromatic heterocycles. The molecule has 0 unspecified atom stereocenters. The van der Waals surface area contributed by atoms with Gasteiger partial charge in [0.2, 0.25) is 0 Å². The minimum absolute atomic E-state index is 0.496. The molecule has 1 aromatic rings. The first kappa shape index (κ1) is 15.1. The van der Waals surface area contributed by atoms with Crippen LogP contribution in [0.5, 0.6) is 11.5 Å². The van der Waals surface area contributed by atoms with Crippen molar-refractivity contribution in [2.45, 2.75) is 13.8 Å². The van der Waals surface area contributed by atoms with Crippen molar-refractivity contribution in [2.75, 3.05) is 13.7 Å². The van der Waals surface area contributed by atoms with E-state index >= 15 is 0 Å². The molecule has 0 spiro atoms. The maximum Gasteiger partial charge on any atom is 0.134 e. The zero-order valence-corrected chi connectivity index (χ0v) is 14.6. The van der Waals surface area contributed by atoms with Gasteiger partial charge in [-0.1, -0.05) is 0 Å². The molecule has 0 radical (unpaired) electrons. The first-order valence-corrected chi connectivity index (χ1v) is 7.33. The normalized spacial score (nSPS) is 10.0. The zero-order valence-electron chi connectivity index (χ0n) is 9.81. The Morgan fingerprint density at radius 2 is 2.00 bits per heavy atom. The van der Waals surface area contributed by atoms with Crippen LogP contribution in [-0.2, 0) is 0 Å². The van der Waals surface area contributed by atoms with E-state index < -0.39 is 0 Å². The van der Waals surface area contributed by atoms with E-state index in [-0.39, 0.29) is 0 Å². The largest absolute Gasteiger partial charge is 0.496 e. The summed E-state index contributed by atoms with van der Waals surface area (Å²) in [5.41, 5.74) is 2.11. The Bertz CT molecular complexity index is 438. The smallest absolute Gasteiger partial charge is 0.134 e. The first-order chi connectivity index (χ1) is 7.97. The van der Waals surface area contributed by atoms with Crippen LogP contribution >= 0.6 is 47.8 Å². The van der Waals surface area contributed by atoms with E-state index in [1.807, 2.05) is 26.0 Å². The number of halogens is 3. The van der Waals surface area contributed by atoms with Gasteiger partial charge in [-0.2, -0.15) is 0 Å². The molecule has 0 N–H and O–H groups in total. The van der Waals surface area contributed by atoms with Gasteiger partial charge in [0.1, 0.15) is 18.1 Å². The van der Waals surface area contributed by atoms with Gasteiger partial charge < -0.3 is 9.47 Å². The highest BCUT2D eigenvalue weighted by molar-refractivity contribution is 9.28. The van der Waals surface area contributed by atoms with Crippen molar-refractivity contribution in [3.63, 3.8) is 0 Å². The van der Waals surface area contributed by atoms with Crippen LogP contribution in [-0.4, -0.2) is 13.7 Å². The molecule has 0 bridgehead atoms. The Balaban J connectivity index is 2.98. The van der Waals surface area contributed by atoms with Crippen LogP contribution in [0.2, 0.25) is 0 Å². The molecule has 0 heterocycles. The van der Waals surface area contributed by atoms with Crippen LogP contribution in [0.1, 0.15) is 11.1 Å². The van der Waals surface area contributed by atoms with Crippen molar-refractivity contribution in [3.8, 4) is 11.5 Å². The molecule has 5 heteroatoms. The lowest BCUT2D eigenvalue weighted by Crippen LogP contribution is -1.99. The van der Waals surface area contributed by atoms with Gasteiger partial charge in [0, 0.05) is 5.56 Å². The van der Waals surface area contributed by atoms with Gasteiger partial charge in [0.15, 0.2) is 0 Å². The van der Waals surface area contributed by atoms with E-state index in [9.17, 15) is 0 Å². The molecule has 0 amide bonds. The summed E-state index contributed by atoms with van der Waals surface area (Å²) in [6, 6.07) is 1.96. The third kappa shape index (κ3) is 4.00. The fraction of sp³-hybridized carbons (Fsp3) is 0.333. The summed E-state index contributed by atoms with van der Waals surface area (Å²) in [4.78, 5) is 0. The fourth-order valence-corrected chi connectivity index (χ4v) is 2.19. The molecule has 0 aliphatic carbocycles. The van der Waals surface area contributed by atoms with Crippen LogP contribution in [0.3, 0.4) is 0 Å². The summed E-state index contributed by atoms with van der Waals surface area (Å²) < 4.78 is 12.8. The Morgan fingerprint density at radius 1 is 1.35 bits per heavy atom. The quantitative estimate of drug-likeness (QED) is 0.665. The number of hydrogen-bond donors (Lipinski definition) is 0. The molecule has 94 valence electrons. The van der Waals surface area contributed by atoms with Crippen molar-refractivity contribution in [1.82, 2.24) is 0 Å². The molecule has 0 aliphatic heterocycles. The van der Waals surface area contributed by atoms with E-state index in [2.05, 4.69) is 47.8 Å². The van der Waals surface area contributed by atoms with Crippen LogP contribution in [0.4, 0.5) is 0 Å². The summed E-state index contributed by atoms with van der Waals surface area (Å²) in [6.45, 7) is 4.50. The Labute approximate surface area is 127 Å². The van der Waals surface area contributed by atoms with Crippen molar-refractivity contribution < 1.29 is 9.47 Å². The Morgan fingerprint density at radius 3 is 2.53 bits per heavy atom. The second kappa shape index (κ2) is 6.81. The molecule has 0 aliphatic rings. The Kier molecular flexibility index (Phi) is 6.03. The summed E-state index contributed by atoms with van der Waals surface area (Å²) in [6.07, 6.45) is 1.89. The number of rotatable bonds is 4. The third-order valence-electron chi connectivity index (χ3n) is 2.27. The van der Waals surface area contributed by atoms with Gasteiger partial charge in [-0.3, -0.25) is 0 Å². The van der Waals surface area contributed by atoms with Gasteiger partial charge in [-0.25, -0.2) is 0 Å². The predicted molar refractivity (Wildman–Crippen MR) is 81.6 cm³/mol. The molecule has 0 saturated heterocycles. The second-order valence-electron chi connectivity index (χ2n) is 3.47. The summed E-state index contributed by atoms with van der Waals surface area (Å²) in [7, 11) is 1.67. The third-order valence-corrected chi connectivity index (χ3v) is 3.91. The fourth-order valence-electron chi connectivity index (χ4n) is 1.52. The molecule has 1 aromatic carbocycles. The number of hydrogen-bond acceptors (Lipinski definition) is 2. The van der Waals surface area contributed by atoms with Gasteiger partial charge >= 0.3 is 0 Å². The van der Waals surface area contributed by atoms with Crippen LogP contribution < -0.4 is 9.47 Å². The number of ether oxygens (including phenoxy) is 2. The highest BCUT2D eigenvalue weighted by atomic mass is 79.9. The van der Waals surface area contributed by atoms with Gasteiger partial charge in [-0.05, 0) is 79.3 Å². The van der Waals surface area contributed by atoms with Crippen LogP contribution in [0, 0.1) is 13.8 Å². The van der Waals surface area contributed by atoms with Crippen LogP contribution in [0.15, 0.2) is 20.0 Å². The van der Waals surface area contributed by atoms with Crippen molar-refractivity contribution in [3.05, 3.63) is 31.1 Å². The topological polar surface area (TPSA) is 18.5 Å². The van der Waals surface area contributed by atoms with Gasteiger partial charge in [-0.15, -0.1) is 0 Å². The standard InChI is InChI=1S/C12H13Br3O2/c1-7-6-9(17-5-4-10(13)14)11(15)8(2)12(7)16-3/h4,6H,5H2,1-3H3. The van der Waals surface area contributed by atoms with Crippen molar-refractivity contribution in [1.29, 1.82) is 0 Å². The van der Waals surface area contributed by atoms with E-state index in [1.165, 1.54) is 0 Å².